The average molecular weight is 467 g/mol. The van der Waals surface area contributed by atoms with E-state index in [-0.39, 0.29) is 12.3 Å². The highest BCUT2D eigenvalue weighted by molar-refractivity contribution is 6.01. The number of amides is 1. The standard InChI is InChI=1S/C16H19N5O2.C8H13N.C2H6/c1-21-12(7-13(22)19-9-16(23)4-2-5-16)20-11-8-18-15-10(14(11)21)3-6-17-15;9-7-6-8-4-2-1-3-5-8;1-2/h3,6,8,23H,2,4-5,7,9H2,1H3,(H,17,18)(H,19,22);8H,1-6H2;1-2H3. The van der Waals surface area contributed by atoms with E-state index in [0.717, 1.165) is 53.7 Å². The van der Waals surface area contributed by atoms with Crippen molar-refractivity contribution in [2.24, 2.45) is 13.0 Å². The maximum absolute atomic E-state index is 12.1. The number of aromatic nitrogens is 4. The van der Waals surface area contributed by atoms with Crippen LogP contribution in [-0.4, -0.2) is 42.7 Å². The van der Waals surface area contributed by atoms with E-state index in [1.165, 1.54) is 32.1 Å². The van der Waals surface area contributed by atoms with Gasteiger partial charge < -0.3 is 20.0 Å². The summed E-state index contributed by atoms with van der Waals surface area (Å²) in [5, 5.41) is 22.2. The molecule has 184 valence electrons. The summed E-state index contributed by atoms with van der Waals surface area (Å²) in [6.07, 6.45) is 13.8. The second-order valence-electron chi connectivity index (χ2n) is 9.22. The summed E-state index contributed by atoms with van der Waals surface area (Å²) < 4.78 is 1.94. The van der Waals surface area contributed by atoms with Crippen molar-refractivity contribution < 1.29 is 9.90 Å². The number of carbonyl (C=O) groups excluding carboxylic acids is 1. The normalized spacial score (nSPS) is 17.0. The number of hydrogen-bond donors (Lipinski definition) is 3. The van der Waals surface area contributed by atoms with E-state index in [4.69, 9.17) is 5.26 Å². The number of aryl methyl sites for hydroxylation is 1. The number of H-pyrrole nitrogens is 1. The Hall–Kier alpha value is -2.92. The second kappa shape index (κ2) is 12.0. The number of hydrogen-bond acceptors (Lipinski definition) is 5. The van der Waals surface area contributed by atoms with E-state index in [1.807, 2.05) is 37.7 Å². The third-order valence-electron chi connectivity index (χ3n) is 6.83. The topological polar surface area (TPSA) is 120 Å². The van der Waals surface area contributed by atoms with E-state index in [0.29, 0.717) is 12.4 Å². The molecule has 2 aliphatic rings. The van der Waals surface area contributed by atoms with Gasteiger partial charge in [0.05, 0.1) is 29.8 Å². The molecule has 2 aliphatic carbocycles. The van der Waals surface area contributed by atoms with Gasteiger partial charge in [0.1, 0.15) is 17.0 Å². The smallest absolute Gasteiger partial charge is 0.227 e. The van der Waals surface area contributed by atoms with Crippen LogP contribution in [-0.2, 0) is 18.3 Å². The molecule has 3 N–H and O–H groups in total. The zero-order valence-corrected chi connectivity index (χ0v) is 20.7. The summed E-state index contributed by atoms with van der Waals surface area (Å²) >= 11 is 0. The molecule has 8 heteroatoms. The summed E-state index contributed by atoms with van der Waals surface area (Å²) in [4.78, 5) is 24.1. The third-order valence-corrected chi connectivity index (χ3v) is 6.83. The van der Waals surface area contributed by atoms with Gasteiger partial charge in [0.2, 0.25) is 5.91 Å². The molecule has 3 aromatic rings. The highest BCUT2D eigenvalue weighted by atomic mass is 16.3. The number of imidazole rings is 1. The minimum Gasteiger partial charge on any atom is -0.388 e. The van der Waals surface area contributed by atoms with Crippen molar-refractivity contribution in [3.05, 3.63) is 24.3 Å². The molecule has 0 atom stereocenters. The molecular formula is C26H38N6O2. The third kappa shape index (κ3) is 6.15. The summed E-state index contributed by atoms with van der Waals surface area (Å²) in [7, 11) is 1.91. The van der Waals surface area contributed by atoms with Gasteiger partial charge in [0.25, 0.3) is 0 Å². The molecule has 5 rings (SSSR count). The molecule has 34 heavy (non-hydrogen) atoms. The lowest BCUT2D eigenvalue weighted by Gasteiger charge is -2.36. The fourth-order valence-corrected chi connectivity index (χ4v) is 4.67. The van der Waals surface area contributed by atoms with Crippen LogP contribution < -0.4 is 5.32 Å². The van der Waals surface area contributed by atoms with Gasteiger partial charge in [-0.05, 0) is 44.1 Å². The van der Waals surface area contributed by atoms with Crippen molar-refractivity contribution in [3.63, 3.8) is 0 Å². The van der Waals surface area contributed by atoms with Crippen LogP contribution >= 0.6 is 0 Å². The van der Waals surface area contributed by atoms with E-state index in [2.05, 4.69) is 26.3 Å². The van der Waals surface area contributed by atoms with Gasteiger partial charge >= 0.3 is 0 Å². The fraction of sp³-hybridized carbons (Fsp3) is 0.615. The van der Waals surface area contributed by atoms with Crippen molar-refractivity contribution in [1.82, 2.24) is 24.8 Å². The van der Waals surface area contributed by atoms with Gasteiger partial charge in [0.15, 0.2) is 0 Å². The first-order valence-electron chi connectivity index (χ1n) is 12.6. The number of pyridine rings is 1. The minimum atomic E-state index is -0.705. The van der Waals surface area contributed by atoms with Crippen LogP contribution in [0.15, 0.2) is 18.5 Å². The molecule has 0 radical (unpaired) electrons. The molecule has 0 saturated heterocycles. The predicted octanol–water partition coefficient (Wildman–Crippen LogP) is 4.53. The highest BCUT2D eigenvalue weighted by Gasteiger charge is 2.34. The van der Waals surface area contributed by atoms with Crippen LogP contribution in [0.5, 0.6) is 0 Å². The number of nitrogens with zero attached hydrogens (tertiary/aromatic N) is 4. The molecule has 0 aliphatic heterocycles. The largest absolute Gasteiger partial charge is 0.388 e. The summed E-state index contributed by atoms with van der Waals surface area (Å²) in [6.45, 7) is 4.32. The summed E-state index contributed by atoms with van der Waals surface area (Å²) in [5.74, 6) is 1.30. The predicted molar refractivity (Wildman–Crippen MR) is 134 cm³/mol. The van der Waals surface area contributed by atoms with Crippen LogP contribution in [0.2, 0.25) is 0 Å². The quantitative estimate of drug-likeness (QED) is 0.510. The highest BCUT2D eigenvalue weighted by Crippen LogP contribution is 2.30. The van der Waals surface area contributed by atoms with E-state index in [9.17, 15) is 9.90 Å². The number of rotatable bonds is 5. The molecular weight excluding hydrogens is 428 g/mol. The SMILES string of the molecule is CC.Cn1c(CC(=O)NCC2(O)CCC2)nc2cnc3[nH]ccc3c21.N#CCC1CCCCC1. The average Bonchev–Trinajstić information content (AvgIpc) is 3.43. The Morgan fingerprint density at radius 2 is 2.03 bits per heavy atom. The van der Waals surface area contributed by atoms with Crippen LogP contribution in [0.1, 0.15) is 77.5 Å². The molecule has 0 spiro atoms. The lowest BCUT2D eigenvalue weighted by atomic mass is 9.80. The zero-order valence-electron chi connectivity index (χ0n) is 20.7. The number of aliphatic hydroxyl groups is 1. The molecule has 3 heterocycles. The van der Waals surface area contributed by atoms with E-state index >= 15 is 0 Å². The number of nitrogens with one attached hydrogen (secondary N) is 2. The van der Waals surface area contributed by atoms with Gasteiger partial charge in [-0.2, -0.15) is 5.26 Å². The summed E-state index contributed by atoms with van der Waals surface area (Å²) in [6, 6.07) is 4.20. The number of aromatic amines is 1. The van der Waals surface area contributed by atoms with Gasteiger partial charge in [-0.25, -0.2) is 9.97 Å². The molecule has 2 saturated carbocycles. The van der Waals surface area contributed by atoms with Crippen LogP contribution in [0.4, 0.5) is 0 Å². The first-order chi connectivity index (χ1) is 16.5. The van der Waals surface area contributed by atoms with Gasteiger partial charge in [-0.3, -0.25) is 4.79 Å². The monoisotopic (exact) mass is 466 g/mol. The van der Waals surface area contributed by atoms with Crippen LogP contribution in [0, 0.1) is 17.2 Å². The molecule has 1 amide bonds. The molecule has 0 aromatic carbocycles. The van der Waals surface area contributed by atoms with Crippen LogP contribution in [0.25, 0.3) is 22.1 Å². The maximum atomic E-state index is 12.1. The Morgan fingerprint density at radius 3 is 2.68 bits per heavy atom. The Morgan fingerprint density at radius 1 is 1.29 bits per heavy atom. The molecule has 2 fully saturated rings. The van der Waals surface area contributed by atoms with Crippen molar-refractivity contribution in [2.75, 3.05) is 6.54 Å². The first-order valence-corrected chi connectivity index (χ1v) is 12.6. The van der Waals surface area contributed by atoms with Crippen molar-refractivity contribution >= 4 is 28.0 Å². The Balaban J connectivity index is 0.000000248. The fourth-order valence-electron chi connectivity index (χ4n) is 4.67. The summed E-state index contributed by atoms with van der Waals surface area (Å²) in [5.41, 5.74) is 1.85. The Bertz CT molecular complexity index is 1120. The minimum absolute atomic E-state index is 0.123. The van der Waals surface area contributed by atoms with E-state index in [1.54, 1.807) is 6.20 Å². The van der Waals surface area contributed by atoms with Gasteiger partial charge in [-0.1, -0.05) is 33.1 Å². The van der Waals surface area contributed by atoms with Gasteiger partial charge in [0, 0.05) is 31.6 Å². The van der Waals surface area contributed by atoms with E-state index < -0.39 is 5.60 Å². The molecule has 0 bridgehead atoms. The van der Waals surface area contributed by atoms with Crippen LogP contribution in [0.3, 0.4) is 0 Å². The maximum Gasteiger partial charge on any atom is 0.227 e. The molecule has 3 aromatic heterocycles. The zero-order chi connectivity index (χ0) is 24.6. The molecule has 0 unspecified atom stereocenters. The van der Waals surface area contributed by atoms with Gasteiger partial charge in [-0.15, -0.1) is 0 Å². The molecule has 8 nitrogen and oxygen atoms in total. The Labute approximate surface area is 201 Å². The lowest BCUT2D eigenvalue weighted by molar-refractivity contribution is -0.123. The van der Waals surface area contributed by atoms with Crippen molar-refractivity contribution in [3.8, 4) is 6.07 Å². The number of fused-ring (bicyclic) bond motifs is 3. The Kier molecular flexibility index (Phi) is 9.05. The second-order valence-corrected chi connectivity index (χ2v) is 9.22. The van der Waals surface area contributed by atoms with Crippen molar-refractivity contribution in [1.29, 1.82) is 5.26 Å². The first kappa shape index (κ1) is 25.7. The number of carbonyl (C=O) groups is 1. The van der Waals surface area contributed by atoms with Crippen molar-refractivity contribution in [2.45, 2.75) is 83.7 Å². The lowest BCUT2D eigenvalue weighted by Crippen LogP contribution is -2.48. The number of nitriles is 1.